The smallest absolute Gasteiger partial charge is 0.0589 e. The van der Waals surface area contributed by atoms with Crippen LogP contribution in [0.5, 0.6) is 0 Å². The Kier molecular flexibility index (Phi) is 3.95. The van der Waals surface area contributed by atoms with E-state index >= 15 is 0 Å². The lowest BCUT2D eigenvalue weighted by Gasteiger charge is -2.21. The van der Waals surface area contributed by atoms with Crippen molar-refractivity contribution in [2.24, 2.45) is 0 Å². The lowest BCUT2D eigenvalue weighted by atomic mass is 9.94. The minimum absolute atomic E-state index is 0.215. The van der Waals surface area contributed by atoms with Crippen LogP contribution in [0.4, 0.5) is 0 Å². The Morgan fingerprint density at radius 1 is 0.900 bits per heavy atom. The van der Waals surface area contributed by atoms with Gasteiger partial charge in [-0.25, -0.2) is 0 Å². The number of methoxy groups -OCH3 is 1. The molecule has 2 heteroatoms. The number of ether oxygens (including phenoxy) is 1. The van der Waals surface area contributed by atoms with Crippen molar-refractivity contribution in [3.63, 3.8) is 0 Å². The van der Waals surface area contributed by atoms with Crippen molar-refractivity contribution in [1.29, 1.82) is 0 Å². The molecule has 1 aliphatic carbocycles. The van der Waals surface area contributed by atoms with Gasteiger partial charge < -0.3 is 10.1 Å². The minimum atomic E-state index is 0.215. The van der Waals surface area contributed by atoms with Crippen LogP contribution in [0.3, 0.4) is 0 Å². The fraction of sp³-hybridized carbons (Fsp3) is 0.222. The first kappa shape index (κ1) is 13.1. The summed E-state index contributed by atoms with van der Waals surface area (Å²) < 4.78 is 5.16. The summed E-state index contributed by atoms with van der Waals surface area (Å²) in [6.07, 6.45) is 4.40. The van der Waals surface area contributed by atoms with Crippen molar-refractivity contribution in [2.45, 2.75) is 6.04 Å². The topological polar surface area (TPSA) is 21.3 Å². The molecule has 0 radical (unpaired) electrons. The van der Waals surface area contributed by atoms with Crippen molar-refractivity contribution in [3.05, 3.63) is 70.8 Å². The summed E-state index contributed by atoms with van der Waals surface area (Å²) in [5, 5.41) is 3.61. The van der Waals surface area contributed by atoms with Gasteiger partial charge in [-0.1, -0.05) is 60.7 Å². The highest BCUT2D eigenvalue weighted by Gasteiger charge is 2.19. The molecule has 102 valence electrons. The molecule has 0 atom stereocenters. The molecule has 0 saturated heterocycles. The van der Waals surface area contributed by atoms with Gasteiger partial charge in [-0.3, -0.25) is 0 Å². The zero-order valence-corrected chi connectivity index (χ0v) is 11.7. The molecule has 0 bridgehead atoms. The normalized spacial score (nSPS) is 13.7. The second kappa shape index (κ2) is 6.04. The highest BCUT2D eigenvalue weighted by Crippen LogP contribution is 2.32. The monoisotopic (exact) mass is 265 g/mol. The third-order valence-corrected chi connectivity index (χ3v) is 3.71. The second-order valence-electron chi connectivity index (χ2n) is 4.97. The maximum absolute atomic E-state index is 5.16. The molecule has 3 rings (SSSR count). The van der Waals surface area contributed by atoms with Crippen molar-refractivity contribution >= 4 is 12.2 Å². The first-order valence-corrected chi connectivity index (χ1v) is 6.98. The van der Waals surface area contributed by atoms with Gasteiger partial charge in [-0.2, -0.15) is 0 Å². The number of nitrogens with one attached hydrogen (secondary N) is 1. The molecule has 0 saturated carbocycles. The number of benzene rings is 2. The fourth-order valence-electron chi connectivity index (χ4n) is 2.72. The van der Waals surface area contributed by atoms with Gasteiger partial charge in [0.25, 0.3) is 0 Å². The average Bonchev–Trinajstić information content (AvgIpc) is 2.66. The number of hydrogen-bond donors (Lipinski definition) is 1. The van der Waals surface area contributed by atoms with E-state index in [9.17, 15) is 0 Å². The lowest BCUT2D eigenvalue weighted by molar-refractivity contribution is 0.197. The highest BCUT2D eigenvalue weighted by molar-refractivity contribution is 5.76. The summed E-state index contributed by atoms with van der Waals surface area (Å²) in [5.74, 6) is 0. The molecule has 0 amide bonds. The molecule has 2 aromatic carbocycles. The molecule has 0 unspecified atom stereocenters. The maximum Gasteiger partial charge on any atom is 0.0589 e. The Hall–Kier alpha value is -1.90. The van der Waals surface area contributed by atoms with E-state index in [1.54, 1.807) is 7.11 Å². The van der Waals surface area contributed by atoms with Crippen LogP contribution in [0.1, 0.15) is 28.3 Å². The molecule has 20 heavy (non-hydrogen) atoms. The van der Waals surface area contributed by atoms with Gasteiger partial charge in [-0.15, -0.1) is 0 Å². The molecule has 1 aliphatic rings. The van der Waals surface area contributed by atoms with Crippen LogP contribution in [-0.4, -0.2) is 20.3 Å². The van der Waals surface area contributed by atoms with E-state index in [-0.39, 0.29) is 6.04 Å². The maximum atomic E-state index is 5.16. The van der Waals surface area contributed by atoms with Gasteiger partial charge in [-0.05, 0) is 22.3 Å². The SMILES string of the molecule is COCCNC1c2ccccc2C=Cc2ccccc21. The molecule has 2 nitrogen and oxygen atoms in total. The Bertz CT molecular complexity index is 569. The highest BCUT2D eigenvalue weighted by atomic mass is 16.5. The van der Waals surface area contributed by atoms with E-state index in [0.29, 0.717) is 6.61 Å². The molecule has 0 aliphatic heterocycles. The van der Waals surface area contributed by atoms with Crippen molar-refractivity contribution < 1.29 is 4.74 Å². The van der Waals surface area contributed by atoms with Crippen LogP contribution in [0.2, 0.25) is 0 Å². The third kappa shape index (κ3) is 2.53. The summed E-state index contributed by atoms with van der Waals surface area (Å²) in [4.78, 5) is 0. The zero-order chi connectivity index (χ0) is 13.8. The fourth-order valence-corrected chi connectivity index (χ4v) is 2.72. The third-order valence-electron chi connectivity index (χ3n) is 3.71. The molecular weight excluding hydrogens is 246 g/mol. The predicted molar refractivity (Wildman–Crippen MR) is 83.5 cm³/mol. The summed E-state index contributed by atoms with van der Waals surface area (Å²) in [7, 11) is 1.73. The quantitative estimate of drug-likeness (QED) is 0.854. The molecule has 1 N–H and O–H groups in total. The standard InChI is InChI=1S/C18H19NO/c1-20-13-12-19-18-16-8-4-2-6-14(16)10-11-15-7-3-5-9-17(15)18/h2-11,18-19H,12-13H2,1H3. The van der Waals surface area contributed by atoms with E-state index in [2.05, 4.69) is 66.0 Å². The molecule has 0 heterocycles. The van der Waals surface area contributed by atoms with Gasteiger partial charge in [0.2, 0.25) is 0 Å². The molecule has 0 spiro atoms. The summed E-state index contributed by atoms with van der Waals surface area (Å²) in [5.41, 5.74) is 5.20. The largest absolute Gasteiger partial charge is 0.383 e. The predicted octanol–water partition coefficient (Wildman–Crippen LogP) is 3.50. The van der Waals surface area contributed by atoms with Crippen LogP contribution in [0.15, 0.2) is 48.5 Å². The summed E-state index contributed by atoms with van der Waals surface area (Å²) in [6, 6.07) is 17.3. The van der Waals surface area contributed by atoms with E-state index in [0.717, 1.165) is 6.54 Å². The van der Waals surface area contributed by atoms with E-state index in [1.807, 2.05) is 0 Å². The number of rotatable bonds is 4. The van der Waals surface area contributed by atoms with Crippen LogP contribution >= 0.6 is 0 Å². The van der Waals surface area contributed by atoms with E-state index < -0.39 is 0 Å². The van der Waals surface area contributed by atoms with Crippen LogP contribution in [0, 0.1) is 0 Å². The average molecular weight is 265 g/mol. The van der Waals surface area contributed by atoms with Gasteiger partial charge >= 0.3 is 0 Å². The molecule has 2 aromatic rings. The zero-order valence-electron chi connectivity index (χ0n) is 11.7. The summed E-state index contributed by atoms with van der Waals surface area (Å²) >= 11 is 0. The Morgan fingerprint density at radius 2 is 1.45 bits per heavy atom. The van der Waals surface area contributed by atoms with Gasteiger partial charge in [0.1, 0.15) is 0 Å². The van der Waals surface area contributed by atoms with Crippen LogP contribution < -0.4 is 5.32 Å². The molecular formula is C18H19NO. The van der Waals surface area contributed by atoms with Crippen LogP contribution in [-0.2, 0) is 4.74 Å². The Balaban J connectivity index is 2.03. The lowest BCUT2D eigenvalue weighted by Crippen LogP contribution is -2.26. The first-order valence-electron chi connectivity index (χ1n) is 6.98. The number of hydrogen-bond acceptors (Lipinski definition) is 2. The molecule has 0 aromatic heterocycles. The van der Waals surface area contributed by atoms with Crippen molar-refractivity contribution in [1.82, 2.24) is 5.32 Å². The molecule has 0 fully saturated rings. The van der Waals surface area contributed by atoms with E-state index in [4.69, 9.17) is 4.74 Å². The second-order valence-corrected chi connectivity index (χ2v) is 4.97. The van der Waals surface area contributed by atoms with Crippen LogP contribution in [0.25, 0.3) is 12.2 Å². The number of fused-ring (bicyclic) bond motifs is 2. The van der Waals surface area contributed by atoms with Gasteiger partial charge in [0, 0.05) is 13.7 Å². The first-order chi connectivity index (χ1) is 9.90. The minimum Gasteiger partial charge on any atom is -0.383 e. The van der Waals surface area contributed by atoms with Gasteiger partial charge in [0.15, 0.2) is 0 Å². The summed E-state index contributed by atoms with van der Waals surface area (Å²) in [6.45, 7) is 1.55. The van der Waals surface area contributed by atoms with Crippen molar-refractivity contribution in [2.75, 3.05) is 20.3 Å². The van der Waals surface area contributed by atoms with Crippen molar-refractivity contribution in [3.8, 4) is 0 Å². The Labute approximate surface area is 120 Å². The van der Waals surface area contributed by atoms with Gasteiger partial charge in [0.05, 0.1) is 12.6 Å². The van der Waals surface area contributed by atoms with E-state index in [1.165, 1.54) is 22.3 Å². The Morgan fingerprint density at radius 3 is 2.00 bits per heavy atom.